The lowest BCUT2D eigenvalue weighted by molar-refractivity contribution is 0.134. The molecule has 1 atom stereocenters. The van der Waals surface area contributed by atoms with Gasteiger partial charge in [0.2, 0.25) is 0 Å². The van der Waals surface area contributed by atoms with E-state index in [1.54, 1.807) is 0 Å². The summed E-state index contributed by atoms with van der Waals surface area (Å²) >= 11 is 0. The minimum absolute atomic E-state index is 0.588. The third-order valence-corrected chi connectivity index (χ3v) is 5.30. The van der Waals surface area contributed by atoms with E-state index in [9.17, 15) is 0 Å². The minimum atomic E-state index is 0.588. The van der Waals surface area contributed by atoms with Crippen molar-refractivity contribution in [3.05, 3.63) is 59.2 Å². The van der Waals surface area contributed by atoms with Gasteiger partial charge in [-0.15, -0.1) is 0 Å². The lowest BCUT2D eigenvalue weighted by atomic mass is 9.95. The zero-order chi connectivity index (χ0) is 17.1. The number of nitrogens with zero attached hydrogens (tertiary/aromatic N) is 4. The van der Waals surface area contributed by atoms with Crippen molar-refractivity contribution in [1.29, 1.82) is 0 Å². The van der Waals surface area contributed by atoms with Crippen LogP contribution in [0.15, 0.2) is 36.9 Å². The van der Waals surface area contributed by atoms with Crippen LogP contribution >= 0.6 is 0 Å². The third kappa shape index (κ3) is 3.89. The highest BCUT2D eigenvalue weighted by Crippen LogP contribution is 2.26. The van der Waals surface area contributed by atoms with Gasteiger partial charge in [0.05, 0.1) is 6.61 Å². The zero-order valence-corrected chi connectivity index (χ0v) is 14.9. The predicted molar refractivity (Wildman–Crippen MR) is 97.0 cm³/mol. The molecule has 2 aromatic heterocycles. The first-order valence-electron chi connectivity index (χ1n) is 9.13. The van der Waals surface area contributed by atoms with E-state index in [1.165, 1.54) is 22.3 Å². The van der Waals surface area contributed by atoms with Crippen LogP contribution in [0.1, 0.15) is 28.7 Å². The molecule has 0 amide bonds. The largest absolute Gasteiger partial charge is 0.380 e. The van der Waals surface area contributed by atoms with Gasteiger partial charge in [-0.2, -0.15) is 0 Å². The van der Waals surface area contributed by atoms with E-state index in [4.69, 9.17) is 4.74 Å². The molecule has 0 aliphatic carbocycles. The van der Waals surface area contributed by atoms with Gasteiger partial charge >= 0.3 is 0 Å². The van der Waals surface area contributed by atoms with Crippen LogP contribution in [0.2, 0.25) is 0 Å². The average molecular weight is 338 g/mol. The molecule has 4 heterocycles. The highest BCUT2D eigenvalue weighted by atomic mass is 16.5. The molecule has 4 rings (SSSR count). The molecule has 0 radical (unpaired) electrons. The van der Waals surface area contributed by atoms with Crippen LogP contribution in [0.4, 0.5) is 0 Å². The number of pyridine rings is 2. The van der Waals surface area contributed by atoms with Crippen LogP contribution in [0.25, 0.3) is 0 Å². The number of hydrogen-bond donors (Lipinski definition) is 0. The molecule has 2 aromatic rings. The molecular formula is C20H26N4O. The lowest BCUT2D eigenvalue weighted by Crippen LogP contribution is -2.40. The number of aromatic nitrogens is 2. The Morgan fingerprint density at radius 2 is 2.20 bits per heavy atom. The van der Waals surface area contributed by atoms with Crippen LogP contribution in [0.3, 0.4) is 0 Å². The van der Waals surface area contributed by atoms with Gasteiger partial charge in [0, 0.05) is 63.6 Å². The van der Waals surface area contributed by atoms with Crippen molar-refractivity contribution < 1.29 is 4.74 Å². The number of rotatable bonds is 5. The summed E-state index contributed by atoms with van der Waals surface area (Å²) in [5.41, 5.74) is 5.51. The van der Waals surface area contributed by atoms with Crippen LogP contribution < -0.4 is 0 Å². The molecular weight excluding hydrogens is 312 g/mol. The van der Waals surface area contributed by atoms with E-state index in [-0.39, 0.29) is 0 Å². The monoisotopic (exact) mass is 338 g/mol. The van der Waals surface area contributed by atoms with Crippen molar-refractivity contribution in [1.82, 2.24) is 19.8 Å². The second kappa shape index (κ2) is 7.60. The van der Waals surface area contributed by atoms with Crippen LogP contribution in [0.5, 0.6) is 0 Å². The Morgan fingerprint density at radius 1 is 1.24 bits per heavy atom. The molecule has 0 saturated carbocycles. The van der Waals surface area contributed by atoms with Gasteiger partial charge in [-0.05, 0) is 48.2 Å². The molecule has 5 nitrogen and oxygen atoms in total. The Morgan fingerprint density at radius 3 is 3.00 bits per heavy atom. The normalized spacial score (nSPS) is 20.8. The van der Waals surface area contributed by atoms with E-state index in [2.05, 4.69) is 39.1 Å². The van der Waals surface area contributed by atoms with Gasteiger partial charge in [0.25, 0.3) is 0 Å². The fourth-order valence-corrected chi connectivity index (χ4v) is 4.00. The molecule has 1 saturated heterocycles. The fourth-order valence-electron chi connectivity index (χ4n) is 4.00. The van der Waals surface area contributed by atoms with Gasteiger partial charge < -0.3 is 4.74 Å². The van der Waals surface area contributed by atoms with E-state index in [0.29, 0.717) is 6.04 Å². The van der Waals surface area contributed by atoms with Crippen LogP contribution in [0, 0.1) is 0 Å². The first-order chi connectivity index (χ1) is 12.3. The molecule has 5 heteroatoms. The number of fused-ring (bicyclic) bond motifs is 1. The van der Waals surface area contributed by atoms with Gasteiger partial charge in [-0.3, -0.25) is 19.8 Å². The summed E-state index contributed by atoms with van der Waals surface area (Å²) in [5.74, 6) is 0. The van der Waals surface area contributed by atoms with Crippen LogP contribution in [-0.2, 0) is 30.8 Å². The Balaban J connectivity index is 1.44. The predicted octanol–water partition coefficient (Wildman–Crippen LogP) is 2.26. The van der Waals surface area contributed by atoms with Gasteiger partial charge in [-0.25, -0.2) is 0 Å². The number of ether oxygens (including phenoxy) is 1. The summed E-state index contributed by atoms with van der Waals surface area (Å²) in [5, 5.41) is 0. The molecule has 0 aromatic carbocycles. The molecule has 2 aliphatic heterocycles. The standard InChI is InChI=1S/C20H26N4O/c1-23(12-16-3-2-6-21-9-16)13-17-10-22-11-18-14-24(7-4-20(17)18)19-5-8-25-15-19/h2-3,6,9-11,19H,4-5,7-8,12-15H2,1H3/t19-/m1/s1. The first-order valence-corrected chi connectivity index (χ1v) is 9.13. The Hall–Kier alpha value is -1.82. The van der Waals surface area contributed by atoms with E-state index in [0.717, 1.165) is 52.2 Å². The van der Waals surface area contributed by atoms with E-state index < -0.39 is 0 Å². The molecule has 1 fully saturated rings. The third-order valence-electron chi connectivity index (χ3n) is 5.30. The SMILES string of the molecule is CN(Cc1cccnc1)Cc1cncc2c1CCN([C@@H]1CCOC1)C2. The summed E-state index contributed by atoms with van der Waals surface area (Å²) in [4.78, 5) is 13.6. The van der Waals surface area contributed by atoms with Gasteiger partial charge in [0.1, 0.15) is 0 Å². The summed E-state index contributed by atoms with van der Waals surface area (Å²) in [7, 11) is 2.16. The Kier molecular flexibility index (Phi) is 5.06. The van der Waals surface area contributed by atoms with Crippen molar-refractivity contribution in [3.8, 4) is 0 Å². The maximum Gasteiger partial charge on any atom is 0.0622 e. The molecule has 0 spiro atoms. The quantitative estimate of drug-likeness (QED) is 0.836. The topological polar surface area (TPSA) is 41.5 Å². The molecule has 0 N–H and O–H groups in total. The molecule has 0 bridgehead atoms. The molecule has 25 heavy (non-hydrogen) atoms. The van der Waals surface area contributed by atoms with Crippen LogP contribution in [-0.4, -0.2) is 52.6 Å². The fraction of sp³-hybridized carbons (Fsp3) is 0.500. The summed E-state index contributed by atoms with van der Waals surface area (Å²) < 4.78 is 5.56. The van der Waals surface area contributed by atoms with Crippen molar-refractivity contribution >= 4 is 0 Å². The summed E-state index contributed by atoms with van der Waals surface area (Å²) in [6.07, 6.45) is 10.1. The van der Waals surface area contributed by atoms with E-state index in [1.807, 2.05) is 24.7 Å². The molecule has 0 unspecified atom stereocenters. The van der Waals surface area contributed by atoms with Crippen molar-refractivity contribution in [3.63, 3.8) is 0 Å². The highest BCUT2D eigenvalue weighted by molar-refractivity contribution is 5.34. The Labute approximate surface area is 149 Å². The first kappa shape index (κ1) is 16.6. The maximum atomic E-state index is 5.56. The van der Waals surface area contributed by atoms with Crippen molar-refractivity contribution in [2.24, 2.45) is 0 Å². The maximum absolute atomic E-state index is 5.56. The highest BCUT2D eigenvalue weighted by Gasteiger charge is 2.27. The second-order valence-corrected chi connectivity index (χ2v) is 7.21. The summed E-state index contributed by atoms with van der Waals surface area (Å²) in [6.45, 7) is 5.77. The minimum Gasteiger partial charge on any atom is -0.380 e. The smallest absolute Gasteiger partial charge is 0.0622 e. The van der Waals surface area contributed by atoms with Crippen molar-refractivity contribution in [2.75, 3.05) is 26.8 Å². The molecule has 2 aliphatic rings. The van der Waals surface area contributed by atoms with Crippen molar-refractivity contribution in [2.45, 2.75) is 38.5 Å². The second-order valence-electron chi connectivity index (χ2n) is 7.21. The average Bonchev–Trinajstić information content (AvgIpc) is 3.17. The lowest BCUT2D eigenvalue weighted by Gasteiger charge is -2.34. The van der Waals surface area contributed by atoms with Gasteiger partial charge in [-0.1, -0.05) is 6.07 Å². The Bertz CT molecular complexity index is 700. The summed E-state index contributed by atoms with van der Waals surface area (Å²) in [6, 6.07) is 4.71. The van der Waals surface area contributed by atoms with Gasteiger partial charge in [0.15, 0.2) is 0 Å². The number of hydrogen-bond acceptors (Lipinski definition) is 5. The zero-order valence-electron chi connectivity index (χ0n) is 14.9. The molecule has 132 valence electrons. The van der Waals surface area contributed by atoms with E-state index >= 15 is 0 Å².